The zero-order chi connectivity index (χ0) is 20.6. The van der Waals surface area contributed by atoms with Crippen LogP contribution < -0.4 is 10.1 Å². The summed E-state index contributed by atoms with van der Waals surface area (Å²) < 4.78 is 5.36. The fourth-order valence-electron chi connectivity index (χ4n) is 3.21. The number of carbonyl (C=O) groups excluding carboxylic acids is 1. The molecule has 2 heterocycles. The van der Waals surface area contributed by atoms with Crippen LogP contribution in [-0.2, 0) is 11.2 Å². The minimum Gasteiger partial charge on any atom is -0.497 e. The van der Waals surface area contributed by atoms with Crippen molar-refractivity contribution in [1.29, 1.82) is 0 Å². The number of benzene rings is 1. The summed E-state index contributed by atoms with van der Waals surface area (Å²) in [6.45, 7) is 6.55. The van der Waals surface area contributed by atoms with Gasteiger partial charge in [-0.15, -0.1) is 11.3 Å². The van der Waals surface area contributed by atoms with Crippen LogP contribution in [0, 0.1) is 0 Å². The Bertz CT molecular complexity index is 907. The molecule has 0 fully saturated rings. The summed E-state index contributed by atoms with van der Waals surface area (Å²) in [4.78, 5) is 23.4. The third kappa shape index (κ3) is 5.39. The van der Waals surface area contributed by atoms with E-state index in [4.69, 9.17) is 4.74 Å². The van der Waals surface area contributed by atoms with E-state index in [1.807, 2.05) is 23.6 Å². The van der Waals surface area contributed by atoms with E-state index in [-0.39, 0.29) is 18.4 Å². The molecule has 3 rings (SSSR count). The van der Waals surface area contributed by atoms with Gasteiger partial charge in [-0.2, -0.15) is 5.10 Å². The summed E-state index contributed by atoms with van der Waals surface area (Å²) in [7, 11) is 1.66. The Labute approximate surface area is 174 Å². The Morgan fingerprint density at radius 2 is 2.17 bits per heavy atom. The zero-order valence-electron chi connectivity index (χ0n) is 16.9. The van der Waals surface area contributed by atoms with Crippen LogP contribution in [0.15, 0.2) is 36.0 Å². The summed E-state index contributed by atoms with van der Waals surface area (Å²) in [5, 5.41) is 12.3. The second-order valence-corrected chi connectivity index (χ2v) is 7.33. The van der Waals surface area contributed by atoms with Crippen molar-refractivity contribution in [2.45, 2.75) is 26.3 Å². The summed E-state index contributed by atoms with van der Waals surface area (Å²) in [5.41, 5.74) is 1.84. The highest BCUT2D eigenvalue weighted by Crippen LogP contribution is 2.24. The lowest BCUT2D eigenvalue weighted by molar-refractivity contribution is -0.120. The fraction of sp³-hybridized carbons (Fsp3) is 0.400. The van der Waals surface area contributed by atoms with E-state index in [1.54, 1.807) is 7.11 Å². The van der Waals surface area contributed by atoms with Crippen molar-refractivity contribution >= 4 is 17.2 Å². The first-order valence-corrected chi connectivity index (χ1v) is 10.5. The van der Waals surface area contributed by atoms with Crippen LogP contribution in [0.1, 0.15) is 31.1 Å². The van der Waals surface area contributed by atoms with Crippen LogP contribution in [0.5, 0.6) is 5.75 Å². The molecule has 0 saturated heterocycles. The number of ether oxygens (including phenoxy) is 1. The molecule has 0 aliphatic rings. The third-order valence-electron chi connectivity index (χ3n) is 4.74. The van der Waals surface area contributed by atoms with Crippen molar-refractivity contribution in [3.63, 3.8) is 0 Å². The van der Waals surface area contributed by atoms with Gasteiger partial charge in [0.15, 0.2) is 10.8 Å². The van der Waals surface area contributed by atoms with Crippen LogP contribution in [0.4, 0.5) is 0 Å². The Hall–Kier alpha value is -2.78. The number of H-pyrrole nitrogens is 1. The smallest absolute Gasteiger partial charge is 0.226 e. The van der Waals surface area contributed by atoms with Crippen molar-refractivity contribution in [3.8, 4) is 16.6 Å². The number of rotatable bonds is 10. The molecule has 0 radical (unpaired) electrons. The summed E-state index contributed by atoms with van der Waals surface area (Å²) in [6, 6.07) is 8.08. The Morgan fingerprint density at radius 1 is 1.34 bits per heavy atom. The molecular formula is C20H26N6O2S. The Kier molecular flexibility index (Phi) is 7.31. The summed E-state index contributed by atoms with van der Waals surface area (Å²) >= 11 is 1.44. The van der Waals surface area contributed by atoms with E-state index >= 15 is 0 Å². The number of likely N-dealkylation sites (N-methyl/N-ethyl adjacent to an activating group) is 1. The molecule has 0 aliphatic carbocycles. The minimum absolute atomic E-state index is 0.0560. The molecule has 3 aromatic rings. The van der Waals surface area contributed by atoms with Crippen molar-refractivity contribution in [2.75, 3.05) is 26.7 Å². The van der Waals surface area contributed by atoms with Crippen LogP contribution >= 0.6 is 11.3 Å². The quantitative estimate of drug-likeness (QED) is 0.530. The molecule has 29 heavy (non-hydrogen) atoms. The number of methoxy groups -OCH3 is 1. The number of nitrogens with one attached hydrogen (secondary N) is 2. The third-order valence-corrected chi connectivity index (χ3v) is 5.63. The molecule has 0 saturated carbocycles. The summed E-state index contributed by atoms with van der Waals surface area (Å²) in [6.07, 6.45) is 1.67. The fourth-order valence-corrected chi connectivity index (χ4v) is 3.98. The molecule has 2 aromatic heterocycles. The van der Waals surface area contributed by atoms with Gasteiger partial charge < -0.3 is 10.1 Å². The Morgan fingerprint density at radius 3 is 2.86 bits per heavy atom. The van der Waals surface area contributed by atoms with Crippen molar-refractivity contribution in [2.24, 2.45) is 0 Å². The maximum atomic E-state index is 12.5. The second-order valence-electron chi connectivity index (χ2n) is 6.47. The normalized spacial score (nSPS) is 12.1. The lowest BCUT2D eigenvalue weighted by Crippen LogP contribution is -2.38. The van der Waals surface area contributed by atoms with Gasteiger partial charge in [-0.1, -0.05) is 26.0 Å². The molecule has 154 valence electrons. The number of thiazole rings is 1. The molecule has 9 heteroatoms. The second kappa shape index (κ2) is 10.1. The first-order chi connectivity index (χ1) is 14.1. The van der Waals surface area contributed by atoms with Gasteiger partial charge in [0.1, 0.15) is 12.1 Å². The van der Waals surface area contributed by atoms with E-state index in [1.165, 1.54) is 17.7 Å². The van der Waals surface area contributed by atoms with Gasteiger partial charge in [0, 0.05) is 11.9 Å². The lowest BCUT2D eigenvalue weighted by Gasteiger charge is -2.30. The van der Waals surface area contributed by atoms with Gasteiger partial charge in [0.25, 0.3) is 0 Å². The monoisotopic (exact) mass is 414 g/mol. The number of hydrogen-bond donors (Lipinski definition) is 2. The molecule has 8 nitrogen and oxygen atoms in total. The van der Waals surface area contributed by atoms with Crippen LogP contribution in [-0.4, -0.2) is 57.7 Å². The topological polar surface area (TPSA) is 96.0 Å². The molecular weight excluding hydrogens is 388 g/mol. The standard InChI is InChI=1S/C20H26N6O2S/c1-4-26(5-2)17(14-7-6-8-16(9-14)28-3)11-21-18(27)10-15-12-29-20(24-15)19-22-13-23-25-19/h6-9,12-13,17H,4-5,10-11H2,1-3H3,(H,21,27)(H,22,23,25). The first-order valence-electron chi connectivity index (χ1n) is 9.59. The van der Waals surface area contributed by atoms with E-state index in [0.717, 1.165) is 35.1 Å². The zero-order valence-corrected chi connectivity index (χ0v) is 17.7. The summed E-state index contributed by atoms with van der Waals surface area (Å²) in [5.74, 6) is 1.37. The average Bonchev–Trinajstić information content (AvgIpc) is 3.43. The number of amides is 1. The predicted octanol–water partition coefficient (Wildman–Crippen LogP) is 2.68. The van der Waals surface area contributed by atoms with Crippen molar-refractivity contribution in [1.82, 2.24) is 30.4 Å². The van der Waals surface area contributed by atoms with Gasteiger partial charge in [-0.3, -0.25) is 14.8 Å². The molecule has 2 N–H and O–H groups in total. The lowest BCUT2D eigenvalue weighted by atomic mass is 10.0. The molecule has 1 amide bonds. The highest BCUT2D eigenvalue weighted by Gasteiger charge is 2.20. The van der Waals surface area contributed by atoms with Gasteiger partial charge in [-0.25, -0.2) is 9.97 Å². The van der Waals surface area contributed by atoms with Gasteiger partial charge in [-0.05, 0) is 30.8 Å². The van der Waals surface area contributed by atoms with E-state index in [2.05, 4.69) is 50.3 Å². The van der Waals surface area contributed by atoms with Crippen LogP contribution in [0.2, 0.25) is 0 Å². The first kappa shape index (κ1) is 20.9. The average molecular weight is 415 g/mol. The Balaban J connectivity index is 1.64. The number of carbonyl (C=O) groups is 1. The maximum absolute atomic E-state index is 12.5. The van der Waals surface area contributed by atoms with E-state index < -0.39 is 0 Å². The number of aromatic amines is 1. The highest BCUT2D eigenvalue weighted by atomic mass is 32.1. The molecule has 0 aliphatic heterocycles. The largest absolute Gasteiger partial charge is 0.497 e. The van der Waals surface area contributed by atoms with Gasteiger partial charge >= 0.3 is 0 Å². The SMILES string of the molecule is CCN(CC)C(CNC(=O)Cc1csc(-c2ncn[nH]2)n1)c1cccc(OC)c1. The van der Waals surface area contributed by atoms with E-state index in [9.17, 15) is 4.79 Å². The molecule has 0 spiro atoms. The van der Waals surface area contributed by atoms with Crippen LogP contribution in [0.25, 0.3) is 10.8 Å². The molecule has 1 atom stereocenters. The maximum Gasteiger partial charge on any atom is 0.226 e. The minimum atomic E-state index is -0.0560. The predicted molar refractivity (Wildman–Crippen MR) is 113 cm³/mol. The number of nitrogens with zero attached hydrogens (tertiary/aromatic N) is 4. The van der Waals surface area contributed by atoms with Gasteiger partial charge in [0.05, 0.1) is 25.3 Å². The highest BCUT2D eigenvalue weighted by molar-refractivity contribution is 7.13. The molecule has 1 aromatic carbocycles. The molecule has 1 unspecified atom stereocenters. The van der Waals surface area contributed by atoms with Gasteiger partial charge in [0.2, 0.25) is 5.91 Å². The molecule has 0 bridgehead atoms. The number of hydrogen-bond acceptors (Lipinski definition) is 7. The van der Waals surface area contributed by atoms with Crippen molar-refractivity contribution < 1.29 is 9.53 Å². The number of aromatic nitrogens is 4. The van der Waals surface area contributed by atoms with E-state index in [0.29, 0.717) is 12.4 Å². The van der Waals surface area contributed by atoms with Crippen molar-refractivity contribution in [3.05, 3.63) is 47.2 Å². The van der Waals surface area contributed by atoms with Crippen LogP contribution in [0.3, 0.4) is 0 Å².